The molecule has 0 amide bonds. The number of aryl methyl sites for hydroxylation is 2. The number of aliphatic hydroxyl groups is 2. The normalized spacial score (nSPS) is 15.3. The average molecular weight is 214 g/mol. The van der Waals surface area contributed by atoms with E-state index < -0.39 is 6.10 Å². The number of nitrogens with one attached hydrogen (secondary N) is 1. The Morgan fingerprint density at radius 1 is 1.47 bits per heavy atom. The van der Waals surface area contributed by atoms with Crippen LogP contribution in [0.15, 0.2) is 4.52 Å². The van der Waals surface area contributed by atoms with Crippen LogP contribution in [0.25, 0.3) is 0 Å². The van der Waals surface area contributed by atoms with Crippen molar-refractivity contribution in [2.45, 2.75) is 32.9 Å². The van der Waals surface area contributed by atoms with Gasteiger partial charge >= 0.3 is 0 Å². The molecule has 1 unspecified atom stereocenters. The molecule has 0 aliphatic heterocycles. The highest BCUT2D eigenvalue weighted by Gasteiger charge is 2.16. The molecule has 86 valence electrons. The third-order valence-electron chi connectivity index (χ3n) is 2.39. The summed E-state index contributed by atoms with van der Waals surface area (Å²) in [5, 5.41) is 24.8. The van der Waals surface area contributed by atoms with Gasteiger partial charge in [0.25, 0.3) is 0 Å². The summed E-state index contributed by atoms with van der Waals surface area (Å²) in [5.41, 5.74) is 1.87. The maximum absolute atomic E-state index is 9.19. The summed E-state index contributed by atoms with van der Waals surface area (Å²) in [5.74, 6) is 0.783. The largest absolute Gasteiger partial charge is 0.394 e. The van der Waals surface area contributed by atoms with E-state index in [9.17, 15) is 5.11 Å². The molecule has 1 aromatic heterocycles. The Balaban J connectivity index is 2.57. The van der Waals surface area contributed by atoms with E-state index in [1.165, 1.54) is 0 Å². The number of aromatic nitrogens is 1. The van der Waals surface area contributed by atoms with Crippen LogP contribution in [-0.2, 0) is 0 Å². The summed E-state index contributed by atoms with van der Waals surface area (Å²) < 4.78 is 5.05. The van der Waals surface area contributed by atoms with Crippen LogP contribution < -0.4 is 5.32 Å². The fourth-order valence-electron chi connectivity index (χ4n) is 1.59. The zero-order chi connectivity index (χ0) is 11.4. The minimum atomic E-state index is -0.729. The van der Waals surface area contributed by atoms with Crippen LogP contribution >= 0.6 is 0 Å². The molecule has 0 aliphatic rings. The Kier molecular flexibility index (Phi) is 4.26. The van der Waals surface area contributed by atoms with Gasteiger partial charge in [-0.05, 0) is 20.8 Å². The third-order valence-corrected chi connectivity index (χ3v) is 2.39. The minimum absolute atomic E-state index is 0.0532. The van der Waals surface area contributed by atoms with Crippen molar-refractivity contribution in [2.75, 3.05) is 13.2 Å². The smallest absolute Gasteiger partial charge is 0.138 e. The van der Waals surface area contributed by atoms with E-state index in [1.54, 1.807) is 0 Å². The molecule has 3 N–H and O–H groups in total. The van der Waals surface area contributed by atoms with Gasteiger partial charge in [-0.25, -0.2) is 0 Å². The van der Waals surface area contributed by atoms with Crippen molar-refractivity contribution in [3.63, 3.8) is 0 Å². The molecular weight excluding hydrogens is 196 g/mol. The number of nitrogens with zero attached hydrogens (tertiary/aromatic N) is 1. The van der Waals surface area contributed by atoms with Gasteiger partial charge in [-0.15, -0.1) is 0 Å². The molecule has 0 fully saturated rings. The summed E-state index contributed by atoms with van der Waals surface area (Å²) in [4.78, 5) is 0. The Morgan fingerprint density at radius 2 is 2.13 bits per heavy atom. The number of hydrogen-bond donors (Lipinski definition) is 3. The SMILES string of the molecule is Cc1noc(C)c1C(C)NC[C@H](O)CO. The fraction of sp³-hybridized carbons (Fsp3) is 0.700. The molecule has 1 rings (SSSR count). The predicted molar refractivity (Wildman–Crippen MR) is 55.5 cm³/mol. The van der Waals surface area contributed by atoms with Gasteiger partial charge in [-0.2, -0.15) is 0 Å². The first-order valence-electron chi connectivity index (χ1n) is 5.01. The van der Waals surface area contributed by atoms with E-state index in [0.29, 0.717) is 6.54 Å². The number of aliphatic hydroxyl groups excluding tert-OH is 2. The van der Waals surface area contributed by atoms with Gasteiger partial charge < -0.3 is 20.1 Å². The van der Waals surface area contributed by atoms with Crippen LogP contribution in [0.1, 0.15) is 30.0 Å². The van der Waals surface area contributed by atoms with E-state index >= 15 is 0 Å². The molecule has 0 saturated heterocycles. The van der Waals surface area contributed by atoms with Gasteiger partial charge in [-0.1, -0.05) is 5.16 Å². The molecule has 0 radical (unpaired) electrons. The van der Waals surface area contributed by atoms with Crippen LogP contribution in [0.4, 0.5) is 0 Å². The van der Waals surface area contributed by atoms with Crippen LogP contribution in [0.3, 0.4) is 0 Å². The predicted octanol–water partition coefficient (Wildman–Crippen LogP) is 0.295. The van der Waals surface area contributed by atoms with E-state index in [1.807, 2.05) is 20.8 Å². The molecule has 2 atom stereocenters. The van der Waals surface area contributed by atoms with E-state index in [4.69, 9.17) is 9.63 Å². The first-order chi connectivity index (χ1) is 7.06. The van der Waals surface area contributed by atoms with Crippen molar-refractivity contribution in [2.24, 2.45) is 0 Å². The van der Waals surface area contributed by atoms with Crippen LogP contribution in [-0.4, -0.2) is 34.6 Å². The molecule has 0 bridgehead atoms. The minimum Gasteiger partial charge on any atom is -0.394 e. The Bertz CT molecular complexity index is 292. The lowest BCUT2D eigenvalue weighted by molar-refractivity contribution is 0.0923. The van der Waals surface area contributed by atoms with Crippen molar-refractivity contribution >= 4 is 0 Å². The summed E-state index contributed by atoms with van der Waals surface area (Å²) >= 11 is 0. The zero-order valence-corrected chi connectivity index (χ0v) is 9.32. The number of rotatable bonds is 5. The van der Waals surface area contributed by atoms with Gasteiger partial charge in [0.05, 0.1) is 18.4 Å². The first-order valence-corrected chi connectivity index (χ1v) is 5.01. The van der Waals surface area contributed by atoms with E-state index in [0.717, 1.165) is 17.0 Å². The lowest BCUT2D eigenvalue weighted by Crippen LogP contribution is -2.31. The molecule has 15 heavy (non-hydrogen) atoms. The van der Waals surface area contributed by atoms with Crippen LogP contribution in [0, 0.1) is 13.8 Å². The lowest BCUT2D eigenvalue weighted by atomic mass is 10.1. The van der Waals surface area contributed by atoms with Crippen molar-refractivity contribution in [1.29, 1.82) is 0 Å². The maximum Gasteiger partial charge on any atom is 0.138 e. The lowest BCUT2D eigenvalue weighted by Gasteiger charge is -2.15. The molecule has 0 aliphatic carbocycles. The Morgan fingerprint density at radius 3 is 2.60 bits per heavy atom. The standard InChI is InChI=1S/C10H18N2O3/c1-6(11-4-9(14)5-13)10-7(2)12-15-8(10)3/h6,9,11,13-14H,4-5H2,1-3H3/t6?,9-/m0/s1. The van der Waals surface area contributed by atoms with Crippen molar-refractivity contribution in [3.8, 4) is 0 Å². The van der Waals surface area contributed by atoms with Crippen molar-refractivity contribution in [3.05, 3.63) is 17.0 Å². The van der Waals surface area contributed by atoms with Gasteiger partial charge in [0.15, 0.2) is 0 Å². The molecule has 0 aromatic carbocycles. The highest BCUT2D eigenvalue weighted by molar-refractivity contribution is 5.24. The van der Waals surface area contributed by atoms with Crippen molar-refractivity contribution in [1.82, 2.24) is 10.5 Å². The van der Waals surface area contributed by atoms with Gasteiger partial charge in [0.1, 0.15) is 5.76 Å². The fourth-order valence-corrected chi connectivity index (χ4v) is 1.59. The molecule has 1 heterocycles. The average Bonchev–Trinajstić information content (AvgIpc) is 2.54. The Hall–Kier alpha value is -0.910. The second-order valence-electron chi connectivity index (χ2n) is 3.70. The molecule has 5 nitrogen and oxygen atoms in total. The highest BCUT2D eigenvalue weighted by Crippen LogP contribution is 2.20. The summed E-state index contributed by atoms with van der Waals surface area (Å²) in [6.45, 7) is 5.82. The second kappa shape index (κ2) is 5.25. The highest BCUT2D eigenvalue weighted by atomic mass is 16.5. The summed E-state index contributed by atoms with van der Waals surface area (Å²) in [7, 11) is 0. The number of hydrogen-bond acceptors (Lipinski definition) is 5. The summed E-state index contributed by atoms with van der Waals surface area (Å²) in [6, 6.07) is 0.0532. The zero-order valence-electron chi connectivity index (χ0n) is 9.32. The molecular formula is C10H18N2O3. The van der Waals surface area contributed by atoms with E-state index in [2.05, 4.69) is 10.5 Å². The summed E-state index contributed by atoms with van der Waals surface area (Å²) in [6.07, 6.45) is -0.729. The maximum atomic E-state index is 9.19. The van der Waals surface area contributed by atoms with Gasteiger partial charge in [-0.3, -0.25) is 0 Å². The molecule has 5 heteroatoms. The van der Waals surface area contributed by atoms with Crippen LogP contribution in [0.5, 0.6) is 0 Å². The van der Waals surface area contributed by atoms with Gasteiger partial charge in [0.2, 0.25) is 0 Å². The van der Waals surface area contributed by atoms with Gasteiger partial charge in [0, 0.05) is 18.2 Å². The second-order valence-corrected chi connectivity index (χ2v) is 3.70. The quantitative estimate of drug-likeness (QED) is 0.657. The van der Waals surface area contributed by atoms with Crippen molar-refractivity contribution < 1.29 is 14.7 Å². The topological polar surface area (TPSA) is 78.5 Å². The molecule has 1 aromatic rings. The molecule has 0 spiro atoms. The Labute approximate surface area is 89.1 Å². The molecule has 0 saturated carbocycles. The van der Waals surface area contributed by atoms with Crippen LogP contribution in [0.2, 0.25) is 0 Å². The van der Waals surface area contributed by atoms with E-state index in [-0.39, 0.29) is 12.6 Å². The monoisotopic (exact) mass is 214 g/mol. The first kappa shape index (κ1) is 12.2. The third kappa shape index (κ3) is 3.02.